The van der Waals surface area contributed by atoms with Crippen LogP contribution in [0.25, 0.3) is 5.57 Å². The van der Waals surface area contributed by atoms with E-state index < -0.39 is 21.6 Å². The predicted molar refractivity (Wildman–Crippen MR) is 126 cm³/mol. The third-order valence-corrected chi connectivity index (χ3v) is 7.13. The van der Waals surface area contributed by atoms with Crippen LogP contribution in [0.3, 0.4) is 0 Å². The average Bonchev–Trinajstić information content (AvgIpc) is 3.17. The Hall–Kier alpha value is -2.57. The summed E-state index contributed by atoms with van der Waals surface area (Å²) in [5.41, 5.74) is 1.39. The molecule has 2 aliphatic heterocycles. The van der Waals surface area contributed by atoms with Crippen molar-refractivity contribution in [1.29, 1.82) is 5.26 Å². The minimum absolute atomic E-state index is 0.187. The van der Waals surface area contributed by atoms with Gasteiger partial charge in [-0.25, -0.2) is 13.1 Å². The minimum Gasteiger partial charge on any atom is -0.498 e. The highest BCUT2D eigenvalue weighted by atomic mass is 35.5. The molecule has 0 radical (unpaired) electrons. The molecule has 0 bridgehead atoms. The number of amides is 1. The van der Waals surface area contributed by atoms with Crippen molar-refractivity contribution in [3.8, 4) is 6.07 Å². The number of hydrogen-bond acceptors (Lipinski definition) is 5. The molecule has 33 heavy (non-hydrogen) atoms. The van der Waals surface area contributed by atoms with Crippen molar-refractivity contribution in [1.82, 2.24) is 9.62 Å². The second kappa shape index (κ2) is 8.65. The second-order valence-electron chi connectivity index (χ2n) is 8.29. The van der Waals surface area contributed by atoms with Crippen LogP contribution in [0.2, 0.25) is 10.0 Å². The lowest BCUT2D eigenvalue weighted by molar-refractivity contribution is -0.126. The number of rotatable bonds is 6. The number of nitrogens with zero attached hydrogens (tertiary/aromatic N) is 2. The molecule has 0 aliphatic carbocycles. The first kappa shape index (κ1) is 23.6. The van der Waals surface area contributed by atoms with E-state index in [1.54, 1.807) is 35.2 Å². The first-order valence-corrected chi connectivity index (χ1v) is 12.7. The van der Waals surface area contributed by atoms with Gasteiger partial charge in [-0.05, 0) is 47.9 Å². The van der Waals surface area contributed by atoms with Crippen molar-refractivity contribution in [3.05, 3.63) is 75.0 Å². The van der Waals surface area contributed by atoms with Crippen molar-refractivity contribution in [2.24, 2.45) is 0 Å². The van der Waals surface area contributed by atoms with Crippen LogP contribution in [0.15, 0.2) is 48.2 Å². The third-order valence-electron chi connectivity index (χ3n) is 5.93. The zero-order valence-electron chi connectivity index (χ0n) is 17.9. The normalized spacial score (nSPS) is 22.5. The van der Waals surface area contributed by atoms with Crippen LogP contribution in [-0.2, 0) is 26.0 Å². The van der Waals surface area contributed by atoms with Gasteiger partial charge in [-0.1, -0.05) is 35.3 Å². The number of ether oxygens (including phenoxy) is 1. The van der Waals surface area contributed by atoms with Gasteiger partial charge in [0, 0.05) is 29.1 Å². The van der Waals surface area contributed by atoms with E-state index in [4.69, 9.17) is 33.2 Å². The molecular weight excluding hydrogens is 485 g/mol. The highest BCUT2D eigenvalue weighted by Gasteiger charge is 2.58. The second-order valence-corrected chi connectivity index (χ2v) is 10.9. The molecule has 0 unspecified atom stereocenters. The van der Waals surface area contributed by atoms with Gasteiger partial charge in [-0.2, -0.15) is 5.26 Å². The molecule has 1 amide bonds. The van der Waals surface area contributed by atoms with Crippen LogP contribution >= 0.6 is 23.2 Å². The van der Waals surface area contributed by atoms with Crippen molar-refractivity contribution in [3.63, 3.8) is 0 Å². The van der Waals surface area contributed by atoms with Crippen molar-refractivity contribution in [2.45, 2.75) is 24.4 Å². The topological polar surface area (TPSA) is 99.5 Å². The van der Waals surface area contributed by atoms with Gasteiger partial charge >= 0.3 is 0 Å². The number of sulfonamides is 1. The Morgan fingerprint density at radius 2 is 1.85 bits per heavy atom. The van der Waals surface area contributed by atoms with Crippen LogP contribution < -0.4 is 4.72 Å². The Labute approximate surface area is 202 Å². The van der Waals surface area contributed by atoms with E-state index in [0.717, 1.165) is 11.8 Å². The van der Waals surface area contributed by atoms with Crippen LogP contribution in [0.1, 0.15) is 23.1 Å². The van der Waals surface area contributed by atoms with Crippen molar-refractivity contribution >= 4 is 44.7 Å². The lowest BCUT2D eigenvalue weighted by Crippen LogP contribution is -2.45. The molecule has 0 aromatic heterocycles. The van der Waals surface area contributed by atoms with E-state index >= 15 is 0 Å². The van der Waals surface area contributed by atoms with E-state index in [1.807, 2.05) is 12.1 Å². The maximum absolute atomic E-state index is 13.7. The van der Waals surface area contributed by atoms with Crippen LogP contribution in [-0.4, -0.2) is 50.7 Å². The molecule has 2 aliphatic rings. The fraction of sp³-hybridized carbons (Fsp3) is 0.304. The summed E-state index contributed by atoms with van der Waals surface area (Å²) in [7, 11) is -1.99. The van der Waals surface area contributed by atoms with Gasteiger partial charge in [-0.15, -0.1) is 0 Å². The smallest absolute Gasteiger partial charge is 0.258 e. The molecule has 1 N–H and O–H groups in total. The standard InChI is InChI=1S/C23H21Cl2N3O4S/c1-32-21-20(16-7-17(24)9-18(25)8-16)22(29)28-13-19(27-33(2,30)31)11-23(21,28)10-14-3-5-15(12-26)6-4-14/h3-9,19,27H,10-11,13H2,1-2H3/t19-,23+/m0/s1. The molecule has 7 nitrogen and oxygen atoms in total. The summed E-state index contributed by atoms with van der Waals surface area (Å²) < 4.78 is 32.3. The van der Waals surface area contributed by atoms with E-state index in [1.165, 1.54) is 7.11 Å². The number of carbonyl (C=O) groups is 1. The molecule has 4 rings (SSSR count). The van der Waals surface area contributed by atoms with Gasteiger partial charge in [0.05, 0.1) is 30.6 Å². The highest BCUT2D eigenvalue weighted by molar-refractivity contribution is 7.88. The average molecular weight is 506 g/mol. The number of fused-ring (bicyclic) bond motifs is 1. The number of nitriles is 1. The van der Waals surface area contributed by atoms with Gasteiger partial charge in [0.25, 0.3) is 5.91 Å². The summed E-state index contributed by atoms with van der Waals surface area (Å²) >= 11 is 12.4. The molecule has 10 heteroatoms. The third kappa shape index (κ3) is 4.46. The molecule has 172 valence electrons. The quantitative estimate of drug-likeness (QED) is 0.648. The molecule has 2 aromatic carbocycles. The number of methoxy groups -OCH3 is 1. The van der Waals surface area contributed by atoms with Crippen molar-refractivity contribution in [2.75, 3.05) is 19.9 Å². The van der Waals surface area contributed by atoms with E-state index in [2.05, 4.69) is 10.8 Å². The molecule has 2 heterocycles. The van der Waals surface area contributed by atoms with Crippen LogP contribution in [0.5, 0.6) is 0 Å². The maximum atomic E-state index is 13.7. The molecule has 0 spiro atoms. The summed E-state index contributed by atoms with van der Waals surface area (Å²) in [5, 5.41) is 9.88. The number of carbonyl (C=O) groups excluding carboxylic acids is 1. The first-order valence-electron chi connectivity index (χ1n) is 10.1. The fourth-order valence-electron chi connectivity index (χ4n) is 4.84. The number of hydrogen-bond donors (Lipinski definition) is 1. The van der Waals surface area contributed by atoms with Gasteiger partial charge in [-0.3, -0.25) is 4.79 Å². The Balaban J connectivity index is 1.85. The van der Waals surface area contributed by atoms with Crippen molar-refractivity contribution < 1.29 is 17.9 Å². The lowest BCUT2D eigenvalue weighted by Gasteiger charge is -2.34. The predicted octanol–water partition coefficient (Wildman–Crippen LogP) is 3.37. The Bertz CT molecular complexity index is 1280. The Morgan fingerprint density at radius 3 is 2.39 bits per heavy atom. The lowest BCUT2D eigenvalue weighted by atomic mass is 9.85. The molecule has 0 saturated carbocycles. The number of halogens is 2. The summed E-state index contributed by atoms with van der Waals surface area (Å²) in [5.74, 6) is 0.157. The van der Waals surface area contributed by atoms with E-state index in [0.29, 0.717) is 45.3 Å². The van der Waals surface area contributed by atoms with Crippen LogP contribution in [0, 0.1) is 11.3 Å². The largest absolute Gasteiger partial charge is 0.498 e. The van der Waals surface area contributed by atoms with E-state index in [-0.39, 0.29) is 12.5 Å². The number of benzene rings is 2. The molecule has 2 aromatic rings. The SMILES string of the molecule is COC1=C(c2cc(Cl)cc(Cl)c2)C(=O)N2C[C@@H](NS(C)(=O)=O)C[C@]12Cc1ccc(C#N)cc1. The Kier molecular flexibility index (Phi) is 6.18. The maximum Gasteiger partial charge on any atom is 0.258 e. The Morgan fingerprint density at radius 1 is 1.21 bits per heavy atom. The van der Waals surface area contributed by atoms with Gasteiger partial charge in [0.15, 0.2) is 0 Å². The zero-order valence-corrected chi connectivity index (χ0v) is 20.3. The minimum atomic E-state index is -3.48. The van der Waals surface area contributed by atoms with E-state index in [9.17, 15) is 13.2 Å². The molecule has 2 atom stereocenters. The van der Waals surface area contributed by atoms with Crippen LogP contribution in [0.4, 0.5) is 0 Å². The van der Waals surface area contributed by atoms with Gasteiger partial charge < -0.3 is 9.64 Å². The molecule has 1 saturated heterocycles. The fourth-order valence-corrected chi connectivity index (χ4v) is 6.13. The summed E-state index contributed by atoms with van der Waals surface area (Å²) in [6.07, 6.45) is 1.80. The van der Waals surface area contributed by atoms with Gasteiger partial charge in [0.1, 0.15) is 11.3 Å². The monoisotopic (exact) mass is 505 g/mol. The summed E-state index contributed by atoms with van der Waals surface area (Å²) in [4.78, 5) is 15.3. The first-order chi connectivity index (χ1) is 15.6. The summed E-state index contributed by atoms with van der Waals surface area (Å²) in [6, 6.07) is 13.6. The summed E-state index contributed by atoms with van der Waals surface area (Å²) in [6.45, 7) is 0.187. The molecular formula is C23H21Cl2N3O4S. The molecule has 1 fully saturated rings. The van der Waals surface area contributed by atoms with Gasteiger partial charge in [0.2, 0.25) is 10.0 Å². The number of nitrogens with one attached hydrogen (secondary N) is 1. The zero-order chi connectivity index (χ0) is 24.0. The highest BCUT2D eigenvalue weighted by Crippen LogP contribution is 2.49.